The molecule has 1 fully saturated rings. The third-order valence-corrected chi connectivity index (χ3v) is 5.07. The minimum atomic E-state index is -1.04. The van der Waals surface area contributed by atoms with Crippen LogP contribution in [0.3, 0.4) is 0 Å². The fraction of sp³-hybridized carbons (Fsp3) is 0.348. The van der Waals surface area contributed by atoms with Gasteiger partial charge in [-0.25, -0.2) is 0 Å². The van der Waals surface area contributed by atoms with E-state index >= 15 is 0 Å². The molecule has 1 heterocycles. The molecule has 0 aliphatic carbocycles. The van der Waals surface area contributed by atoms with Crippen molar-refractivity contribution in [3.05, 3.63) is 66.2 Å². The fourth-order valence-corrected chi connectivity index (χ4v) is 3.48. The van der Waals surface area contributed by atoms with Crippen molar-refractivity contribution >= 4 is 23.3 Å². The molecule has 5 nitrogen and oxygen atoms in total. The Bertz CT molecular complexity index is 797. The highest BCUT2D eigenvalue weighted by atomic mass is 16.2. The zero-order valence-electron chi connectivity index (χ0n) is 16.0. The molecule has 0 radical (unpaired) electrons. The first-order valence-electron chi connectivity index (χ1n) is 9.88. The SMILES string of the molecule is O=C(Nc1ccccc1)C(CC(=O)N1CCCCCC1)C(=O)c1ccccc1. The molecular formula is C23H26N2O3. The van der Waals surface area contributed by atoms with Gasteiger partial charge in [-0.05, 0) is 25.0 Å². The maximum Gasteiger partial charge on any atom is 0.235 e. The summed E-state index contributed by atoms with van der Waals surface area (Å²) in [6.45, 7) is 1.40. The van der Waals surface area contributed by atoms with Crippen LogP contribution in [0.1, 0.15) is 42.5 Å². The van der Waals surface area contributed by atoms with Gasteiger partial charge in [0.05, 0.1) is 0 Å². The Labute approximate surface area is 165 Å². The third-order valence-electron chi connectivity index (χ3n) is 5.07. The van der Waals surface area contributed by atoms with Crippen molar-refractivity contribution in [1.29, 1.82) is 0 Å². The third kappa shape index (κ3) is 5.28. The van der Waals surface area contributed by atoms with Gasteiger partial charge in [0.15, 0.2) is 5.78 Å². The lowest BCUT2D eigenvalue weighted by molar-refractivity contribution is -0.134. The number of para-hydroxylation sites is 1. The van der Waals surface area contributed by atoms with Crippen LogP contribution < -0.4 is 5.32 Å². The first-order valence-corrected chi connectivity index (χ1v) is 9.88. The number of ketones is 1. The molecular weight excluding hydrogens is 352 g/mol. The van der Waals surface area contributed by atoms with Crippen molar-refractivity contribution in [2.24, 2.45) is 5.92 Å². The molecule has 28 heavy (non-hydrogen) atoms. The monoisotopic (exact) mass is 378 g/mol. The number of amides is 2. The lowest BCUT2D eigenvalue weighted by atomic mass is 9.93. The number of nitrogens with zero attached hydrogens (tertiary/aromatic N) is 1. The number of nitrogens with one attached hydrogen (secondary N) is 1. The van der Waals surface area contributed by atoms with E-state index in [-0.39, 0.29) is 18.1 Å². The van der Waals surface area contributed by atoms with Crippen molar-refractivity contribution in [3.63, 3.8) is 0 Å². The summed E-state index contributed by atoms with van der Waals surface area (Å²) >= 11 is 0. The zero-order chi connectivity index (χ0) is 19.8. The van der Waals surface area contributed by atoms with Crippen molar-refractivity contribution in [3.8, 4) is 0 Å². The summed E-state index contributed by atoms with van der Waals surface area (Å²) in [5, 5.41) is 2.78. The van der Waals surface area contributed by atoms with Gasteiger partial charge >= 0.3 is 0 Å². The quantitative estimate of drug-likeness (QED) is 0.612. The highest BCUT2D eigenvalue weighted by Crippen LogP contribution is 2.19. The van der Waals surface area contributed by atoms with Crippen molar-refractivity contribution in [2.75, 3.05) is 18.4 Å². The van der Waals surface area contributed by atoms with Gasteiger partial charge in [0.2, 0.25) is 11.8 Å². The number of carbonyl (C=O) groups is 3. The van der Waals surface area contributed by atoms with Gasteiger partial charge in [0.25, 0.3) is 0 Å². The molecule has 0 aromatic heterocycles. The van der Waals surface area contributed by atoms with Crippen LogP contribution in [0.2, 0.25) is 0 Å². The van der Waals surface area contributed by atoms with Gasteiger partial charge in [-0.1, -0.05) is 61.4 Å². The van der Waals surface area contributed by atoms with E-state index < -0.39 is 11.8 Å². The fourth-order valence-electron chi connectivity index (χ4n) is 3.48. The molecule has 2 amide bonds. The predicted octanol–water partition coefficient (Wildman–Crippen LogP) is 3.92. The minimum Gasteiger partial charge on any atom is -0.343 e. The second-order valence-electron chi connectivity index (χ2n) is 7.14. The molecule has 0 bridgehead atoms. The van der Waals surface area contributed by atoms with E-state index in [1.807, 2.05) is 24.3 Å². The maximum atomic E-state index is 13.0. The minimum absolute atomic E-state index is 0.105. The number of carbonyl (C=O) groups excluding carboxylic acids is 3. The van der Waals surface area contributed by atoms with E-state index in [9.17, 15) is 14.4 Å². The molecule has 0 saturated carbocycles. The van der Waals surface area contributed by atoms with Gasteiger partial charge < -0.3 is 10.2 Å². The average molecular weight is 378 g/mol. The number of rotatable bonds is 6. The van der Waals surface area contributed by atoms with Crippen LogP contribution in [0.4, 0.5) is 5.69 Å². The Morgan fingerprint density at radius 2 is 1.39 bits per heavy atom. The number of anilines is 1. The molecule has 1 saturated heterocycles. The molecule has 0 spiro atoms. The van der Waals surface area contributed by atoms with Gasteiger partial charge in [0, 0.05) is 30.8 Å². The Hall–Kier alpha value is -2.95. The first kappa shape index (κ1) is 19.8. The Morgan fingerprint density at radius 1 is 0.821 bits per heavy atom. The van der Waals surface area contributed by atoms with Gasteiger partial charge in [-0.15, -0.1) is 0 Å². The molecule has 1 aliphatic heterocycles. The van der Waals surface area contributed by atoms with Crippen LogP contribution in [0.15, 0.2) is 60.7 Å². The van der Waals surface area contributed by atoms with E-state index in [0.29, 0.717) is 24.3 Å². The number of likely N-dealkylation sites (tertiary alicyclic amines) is 1. The number of benzene rings is 2. The molecule has 5 heteroatoms. The molecule has 1 atom stereocenters. The van der Waals surface area contributed by atoms with Gasteiger partial charge in [-0.2, -0.15) is 0 Å². The Balaban J connectivity index is 1.78. The van der Waals surface area contributed by atoms with Crippen molar-refractivity contribution in [2.45, 2.75) is 32.1 Å². The van der Waals surface area contributed by atoms with Crippen LogP contribution in [0.25, 0.3) is 0 Å². The highest BCUT2D eigenvalue weighted by molar-refractivity contribution is 6.15. The van der Waals surface area contributed by atoms with Crippen molar-refractivity contribution in [1.82, 2.24) is 4.90 Å². The molecule has 1 N–H and O–H groups in total. The van der Waals surface area contributed by atoms with Crippen LogP contribution >= 0.6 is 0 Å². The maximum absolute atomic E-state index is 13.0. The lowest BCUT2D eigenvalue weighted by Gasteiger charge is -2.23. The van der Waals surface area contributed by atoms with Crippen LogP contribution in [0, 0.1) is 5.92 Å². The molecule has 146 valence electrons. The Morgan fingerprint density at radius 3 is 2.00 bits per heavy atom. The molecule has 1 aliphatic rings. The van der Waals surface area contributed by atoms with Gasteiger partial charge in [0.1, 0.15) is 5.92 Å². The summed E-state index contributed by atoms with van der Waals surface area (Å²) in [7, 11) is 0. The summed E-state index contributed by atoms with van der Waals surface area (Å²) in [5.41, 5.74) is 1.06. The molecule has 2 aromatic rings. The van der Waals surface area contributed by atoms with E-state index in [0.717, 1.165) is 25.7 Å². The van der Waals surface area contributed by atoms with Crippen LogP contribution in [-0.2, 0) is 9.59 Å². The summed E-state index contributed by atoms with van der Waals surface area (Å²) < 4.78 is 0. The first-order chi connectivity index (χ1) is 13.6. The second kappa shape index (κ2) is 9.83. The zero-order valence-corrected chi connectivity index (χ0v) is 16.0. The van der Waals surface area contributed by atoms with E-state index in [1.54, 1.807) is 41.3 Å². The number of hydrogen-bond acceptors (Lipinski definition) is 3. The second-order valence-corrected chi connectivity index (χ2v) is 7.14. The lowest BCUT2D eigenvalue weighted by Crippen LogP contribution is -2.38. The van der Waals surface area contributed by atoms with E-state index in [2.05, 4.69) is 5.32 Å². The molecule has 2 aromatic carbocycles. The van der Waals surface area contributed by atoms with Crippen LogP contribution in [-0.4, -0.2) is 35.6 Å². The van der Waals surface area contributed by atoms with Gasteiger partial charge in [-0.3, -0.25) is 14.4 Å². The average Bonchev–Trinajstić information content (AvgIpc) is 3.02. The number of hydrogen-bond donors (Lipinski definition) is 1. The topological polar surface area (TPSA) is 66.5 Å². The normalized spacial score (nSPS) is 15.4. The largest absolute Gasteiger partial charge is 0.343 e. The summed E-state index contributed by atoms with van der Waals surface area (Å²) in [4.78, 5) is 40.6. The predicted molar refractivity (Wildman–Crippen MR) is 109 cm³/mol. The summed E-state index contributed by atoms with van der Waals surface area (Å²) in [6.07, 6.45) is 4.07. The molecule has 3 rings (SSSR count). The highest BCUT2D eigenvalue weighted by Gasteiger charge is 2.32. The Kier molecular flexibility index (Phi) is 6.95. The summed E-state index contributed by atoms with van der Waals surface area (Å²) in [6, 6.07) is 17.7. The van der Waals surface area contributed by atoms with E-state index in [1.165, 1.54) is 0 Å². The smallest absolute Gasteiger partial charge is 0.235 e. The van der Waals surface area contributed by atoms with Crippen LogP contribution in [0.5, 0.6) is 0 Å². The standard InChI is InChI=1S/C23H26N2O3/c26-21(25-15-9-1-2-10-16-25)17-20(22(27)18-11-5-3-6-12-18)23(28)24-19-13-7-4-8-14-19/h3-8,11-14,20H,1-2,9-10,15-17H2,(H,24,28). The van der Waals surface area contributed by atoms with E-state index in [4.69, 9.17) is 0 Å². The summed E-state index contributed by atoms with van der Waals surface area (Å²) in [5.74, 6) is -1.93. The number of Topliss-reactive ketones (excluding diaryl/α,β-unsaturated/α-hetero) is 1. The van der Waals surface area contributed by atoms with Crippen molar-refractivity contribution < 1.29 is 14.4 Å². The molecule has 1 unspecified atom stereocenters.